The van der Waals surface area contributed by atoms with Crippen molar-refractivity contribution in [2.24, 2.45) is 0 Å². The predicted molar refractivity (Wildman–Crippen MR) is 72.0 cm³/mol. The van der Waals surface area contributed by atoms with Crippen LogP contribution in [0.15, 0.2) is 24.3 Å². The summed E-state index contributed by atoms with van der Waals surface area (Å²) in [5, 5.41) is 0. The van der Waals surface area contributed by atoms with Gasteiger partial charge < -0.3 is 4.74 Å². The maximum atomic E-state index is 5.23. The minimum absolute atomic E-state index is 0.284. The van der Waals surface area contributed by atoms with Crippen molar-refractivity contribution in [1.29, 1.82) is 0 Å². The average Bonchev–Trinajstić information content (AvgIpc) is 2.31. The first-order valence-electron chi connectivity index (χ1n) is 6.36. The van der Waals surface area contributed by atoms with E-state index in [0.29, 0.717) is 0 Å². The molecule has 92 valence electrons. The number of benzene rings is 1. The van der Waals surface area contributed by atoms with E-state index in [1.807, 2.05) is 27.7 Å². The van der Waals surface area contributed by atoms with Crippen LogP contribution in [0, 0.1) is 6.92 Å². The van der Waals surface area contributed by atoms with Crippen molar-refractivity contribution in [1.82, 2.24) is 0 Å². The smallest absolute Gasteiger partial charge is 0.0582 e. The highest BCUT2D eigenvalue weighted by Gasteiger charge is 2.34. The van der Waals surface area contributed by atoms with E-state index in [0.717, 1.165) is 13.2 Å². The lowest BCUT2D eigenvalue weighted by molar-refractivity contribution is -0.0500. The summed E-state index contributed by atoms with van der Waals surface area (Å²) in [5.74, 6) is 0. The van der Waals surface area contributed by atoms with Gasteiger partial charge in [0.05, 0.1) is 13.2 Å². The van der Waals surface area contributed by atoms with Gasteiger partial charge in [0.15, 0.2) is 0 Å². The molecule has 2 rings (SSSR count). The van der Waals surface area contributed by atoms with Crippen LogP contribution in [-0.2, 0) is 10.2 Å². The molecule has 0 unspecified atom stereocenters. The lowest BCUT2D eigenvalue weighted by Crippen LogP contribution is -2.43. The Morgan fingerprint density at radius 2 is 1.62 bits per heavy atom. The highest BCUT2D eigenvalue weighted by Crippen LogP contribution is 2.31. The molecule has 1 aromatic rings. The van der Waals surface area contributed by atoms with E-state index < -0.39 is 0 Å². The molecule has 1 heteroatoms. The maximum Gasteiger partial charge on any atom is 0.0582 e. The molecule has 0 aromatic heterocycles. The van der Waals surface area contributed by atoms with Crippen LogP contribution < -0.4 is 0 Å². The Bertz CT molecular complexity index is 287. The molecule has 0 spiro atoms. The Balaban J connectivity index is 0.000000509. The summed E-state index contributed by atoms with van der Waals surface area (Å²) in [4.78, 5) is 0. The Kier molecular flexibility index (Phi) is 7.07. The zero-order valence-electron chi connectivity index (χ0n) is 11.6. The molecule has 0 N–H and O–H groups in total. The number of hydrogen-bond acceptors (Lipinski definition) is 1. The maximum absolute atomic E-state index is 5.23. The zero-order chi connectivity index (χ0) is 12.6. The normalized spacial score (nSPS) is 15.9. The summed E-state index contributed by atoms with van der Waals surface area (Å²) >= 11 is 0. The fourth-order valence-corrected chi connectivity index (χ4v) is 1.60. The summed E-state index contributed by atoms with van der Waals surface area (Å²) in [6, 6.07) is 8.69. The van der Waals surface area contributed by atoms with E-state index in [1.165, 1.54) is 11.1 Å². The summed E-state index contributed by atoms with van der Waals surface area (Å²) in [6.07, 6.45) is 0. The highest BCUT2D eigenvalue weighted by molar-refractivity contribution is 5.30. The second-order valence-electron chi connectivity index (χ2n) is 3.92. The summed E-state index contributed by atoms with van der Waals surface area (Å²) in [6.45, 7) is 14.1. The van der Waals surface area contributed by atoms with Crippen LogP contribution in [-0.4, -0.2) is 13.2 Å². The first-order valence-corrected chi connectivity index (χ1v) is 6.36. The van der Waals surface area contributed by atoms with Gasteiger partial charge in [-0.25, -0.2) is 0 Å². The molecular weight excluding hydrogens is 196 g/mol. The quantitative estimate of drug-likeness (QED) is 0.687. The predicted octanol–water partition coefficient (Wildman–Crippen LogP) is 4.34. The molecule has 0 bridgehead atoms. The highest BCUT2D eigenvalue weighted by atomic mass is 16.5. The number of aryl methyl sites for hydroxylation is 1. The second kappa shape index (κ2) is 7.45. The second-order valence-corrected chi connectivity index (χ2v) is 3.92. The molecule has 1 aliphatic rings. The van der Waals surface area contributed by atoms with E-state index in [2.05, 4.69) is 38.1 Å². The van der Waals surface area contributed by atoms with Gasteiger partial charge in [0, 0.05) is 5.41 Å². The fraction of sp³-hybridized carbons (Fsp3) is 0.600. The molecule has 1 aromatic carbocycles. The Morgan fingerprint density at radius 1 is 1.06 bits per heavy atom. The lowest BCUT2D eigenvalue weighted by atomic mass is 9.80. The van der Waals surface area contributed by atoms with Crippen molar-refractivity contribution in [2.45, 2.75) is 47.0 Å². The molecule has 1 aliphatic heterocycles. The van der Waals surface area contributed by atoms with Gasteiger partial charge in [0.2, 0.25) is 0 Å². The molecule has 1 heterocycles. The number of ether oxygens (including phenoxy) is 1. The van der Waals surface area contributed by atoms with E-state index in [4.69, 9.17) is 4.74 Å². The first-order chi connectivity index (χ1) is 7.71. The lowest BCUT2D eigenvalue weighted by Gasteiger charge is -2.38. The van der Waals surface area contributed by atoms with Gasteiger partial charge >= 0.3 is 0 Å². The molecule has 1 fully saturated rings. The van der Waals surface area contributed by atoms with Gasteiger partial charge in [-0.3, -0.25) is 0 Å². The van der Waals surface area contributed by atoms with Crippen molar-refractivity contribution in [3.63, 3.8) is 0 Å². The fourth-order valence-electron chi connectivity index (χ4n) is 1.60. The Morgan fingerprint density at radius 3 is 2.00 bits per heavy atom. The molecule has 0 aliphatic carbocycles. The van der Waals surface area contributed by atoms with Gasteiger partial charge in [-0.2, -0.15) is 0 Å². The third kappa shape index (κ3) is 3.64. The third-order valence-electron chi connectivity index (χ3n) is 2.56. The van der Waals surface area contributed by atoms with E-state index in [-0.39, 0.29) is 5.41 Å². The van der Waals surface area contributed by atoms with Crippen molar-refractivity contribution in [2.75, 3.05) is 13.2 Å². The van der Waals surface area contributed by atoms with Crippen molar-refractivity contribution >= 4 is 0 Å². The largest absolute Gasteiger partial charge is 0.379 e. The molecule has 16 heavy (non-hydrogen) atoms. The average molecular weight is 222 g/mol. The van der Waals surface area contributed by atoms with Crippen LogP contribution >= 0.6 is 0 Å². The van der Waals surface area contributed by atoms with Crippen LogP contribution in [0.25, 0.3) is 0 Å². The van der Waals surface area contributed by atoms with Crippen LogP contribution in [0.5, 0.6) is 0 Å². The monoisotopic (exact) mass is 222 g/mol. The van der Waals surface area contributed by atoms with Crippen LogP contribution in [0.4, 0.5) is 0 Å². The minimum atomic E-state index is 0.284. The summed E-state index contributed by atoms with van der Waals surface area (Å²) < 4.78 is 5.23. The van der Waals surface area contributed by atoms with Crippen LogP contribution in [0.1, 0.15) is 45.7 Å². The van der Waals surface area contributed by atoms with E-state index in [1.54, 1.807) is 0 Å². The number of rotatable bonds is 1. The molecule has 0 saturated carbocycles. The van der Waals surface area contributed by atoms with E-state index in [9.17, 15) is 0 Å². The van der Waals surface area contributed by atoms with Gasteiger partial charge in [-0.1, -0.05) is 64.4 Å². The van der Waals surface area contributed by atoms with Crippen molar-refractivity contribution in [3.8, 4) is 0 Å². The molecule has 0 amide bonds. The SMILES string of the molecule is CC.CC.Cc1cccc(C2(C)COC2)c1. The zero-order valence-corrected chi connectivity index (χ0v) is 11.6. The van der Waals surface area contributed by atoms with Gasteiger partial charge in [0.1, 0.15) is 0 Å². The molecule has 1 nitrogen and oxygen atoms in total. The van der Waals surface area contributed by atoms with E-state index >= 15 is 0 Å². The van der Waals surface area contributed by atoms with Gasteiger partial charge in [-0.15, -0.1) is 0 Å². The van der Waals surface area contributed by atoms with Crippen molar-refractivity contribution < 1.29 is 4.74 Å². The minimum Gasteiger partial charge on any atom is -0.379 e. The van der Waals surface area contributed by atoms with Crippen molar-refractivity contribution in [3.05, 3.63) is 35.4 Å². The standard InChI is InChI=1S/C11H14O.2C2H6/c1-9-4-3-5-10(6-9)11(2)7-12-8-11;2*1-2/h3-6H,7-8H2,1-2H3;2*1-2H3. The summed E-state index contributed by atoms with van der Waals surface area (Å²) in [5.41, 5.74) is 3.03. The van der Waals surface area contributed by atoms with Crippen LogP contribution in [0.2, 0.25) is 0 Å². The Hall–Kier alpha value is -0.820. The first kappa shape index (κ1) is 15.2. The van der Waals surface area contributed by atoms with Gasteiger partial charge in [-0.05, 0) is 12.5 Å². The van der Waals surface area contributed by atoms with Crippen LogP contribution in [0.3, 0.4) is 0 Å². The molecule has 0 atom stereocenters. The van der Waals surface area contributed by atoms with Gasteiger partial charge in [0.25, 0.3) is 0 Å². The Labute approximate surface area is 101 Å². The third-order valence-corrected chi connectivity index (χ3v) is 2.56. The summed E-state index contributed by atoms with van der Waals surface area (Å²) in [7, 11) is 0. The molecule has 0 radical (unpaired) electrons. The molecular formula is C15H26O. The number of hydrogen-bond donors (Lipinski definition) is 0. The topological polar surface area (TPSA) is 9.23 Å². The molecule has 1 saturated heterocycles.